The van der Waals surface area contributed by atoms with Crippen LogP contribution in [0.3, 0.4) is 0 Å². The predicted octanol–water partition coefficient (Wildman–Crippen LogP) is 6.58. The van der Waals surface area contributed by atoms with Gasteiger partial charge in [0.1, 0.15) is 5.54 Å². The van der Waals surface area contributed by atoms with Crippen LogP contribution in [0.15, 0.2) is 78.9 Å². The number of carbonyl (C=O) groups excluding carboxylic acids is 4. The van der Waals surface area contributed by atoms with E-state index in [2.05, 4.69) is 10.6 Å². The number of anilines is 2. The Labute approximate surface area is 269 Å². The lowest BCUT2D eigenvalue weighted by molar-refractivity contribution is -0.164. The highest BCUT2D eigenvalue weighted by molar-refractivity contribution is 6.07. The molecule has 3 N–H and O–H groups in total. The monoisotopic (exact) mass is 627 g/mol. The summed E-state index contributed by atoms with van der Waals surface area (Å²) in [4.78, 5) is 67.8. The summed E-state index contributed by atoms with van der Waals surface area (Å²) in [5.41, 5.74) is 1.98. The highest BCUT2D eigenvalue weighted by Crippen LogP contribution is 2.36. The molecule has 1 saturated heterocycles. The van der Waals surface area contributed by atoms with Crippen LogP contribution in [0.1, 0.15) is 69.7 Å². The van der Waals surface area contributed by atoms with Gasteiger partial charge in [0.25, 0.3) is 5.91 Å². The number of benzene rings is 3. The molecule has 0 unspecified atom stereocenters. The fraction of sp³-hybridized carbons (Fsp3) is 0.343. The Morgan fingerprint density at radius 1 is 0.891 bits per heavy atom. The van der Waals surface area contributed by atoms with Crippen LogP contribution in [0.25, 0.3) is 0 Å². The molecule has 0 saturated carbocycles. The molecule has 1 atom stereocenters. The van der Waals surface area contributed by atoms with Crippen molar-refractivity contribution < 1.29 is 29.1 Å². The second-order valence-corrected chi connectivity index (χ2v) is 12.3. The Kier molecular flexibility index (Phi) is 10.5. The third kappa shape index (κ3) is 7.71. The van der Waals surface area contributed by atoms with E-state index < -0.39 is 47.8 Å². The predicted molar refractivity (Wildman–Crippen MR) is 174 cm³/mol. The number of nitrogens with one attached hydrogen (secondary N) is 2. The van der Waals surface area contributed by atoms with Gasteiger partial charge in [0, 0.05) is 24.3 Å². The molecule has 1 aliphatic heterocycles. The molecule has 46 heavy (non-hydrogen) atoms. The van der Waals surface area contributed by atoms with Crippen molar-refractivity contribution in [2.45, 2.75) is 72.0 Å². The number of imide groups is 1. The third-order valence-electron chi connectivity index (χ3n) is 8.00. The molecular formula is C35H41N5O6. The number of rotatable bonds is 12. The summed E-state index contributed by atoms with van der Waals surface area (Å²) in [6, 6.07) is 20.6. The number of hydrogen-bond acceptors (Lipinski definition) is 5. The lowest BCUT2D eigenvalue weighted by atomic mass is 10.0. The first-order chi connectivity index (χ1) is 21.8. The van der Waals surface area contributed by atoms with Crippen LogP contribution in [0.5, 0.6) is 0 Å². The second kappa shape index (κ2) is 14.3. The smallest absolute Gasteiger partial charge is 0.347 e. The van der Waals surface area contributed by atoms with Crippen molar-refractivity contribution in [2.24, 2.45) is 5.92 Å². The number of carboxylic acids is 1. The molecule has 3 aromatic carbocycles. The van der Waals surface area contributed by atoms with Gasteiger partial charge in [-0.05, 0) is 68.0 Å². The number of aliphatic carboxylic acids is 1. The van der Waals surface area contributed by atoms with Crippen molar-refractivity contribution in [3.8, 4) is 0 Å². The standard InChI is InChI=1S/C35H41N5O6/c1-23(2)15-20-30(41)39(29(21-31(42)43)26-12-7-6-8-13-26)40-32(44)35(4,5)38(34(40)46)22-25-16-18-27(19-17-25)36-33(45)37-28-14-10-9-11-24(28)3/h6-14,16-19,23,29H,15,20-22H2,1-5H3,(H,42,43)(H2,36,37,45)/t29-/m0/s1. The van der Waals surface area contributed by atoms with E-state index in [1.54, 1.807) is 74.5 Å². The van der Waals surface area contributed by atoms with Crippen molar-refractivity contribution in [3.05, 3.63) is 95.6 Å². The number of nitrogens with zero attached hydrogens (tertiary/aromatic N) is 3. The topological polar surface area (TPSA) is 139 Å². The zero-order valence-corrected chi connectivity index (χ0v) is 26.8. The van der Waals surface area contributed by atoms with Crippen LogP contribution < -0.4 is 10.6 Å². The van der Waals surface area contributed by atoms with Crippen LogP contribution in [0.4, 0.5) is 21.0 Å². The Hall–Kier alpha value is -5.19. The molecule has 0 aliphatic carbocycles. The first-order valence-electron chi connectivity index (χ1n) is 15.3. The fourth-order valence-electron chi connectivity index (χ4n) is 5.28. The minimum absolute atomic E-state index is 0.0317. The summed E-state index contributed by atoms with van der Waals surface area (Å²) in [7, 11) is 0. The van der Waals surface area contributed by atoms with Crippen molar-refractivity contribution in [2.75, 3.05) is 10.6 Å². The molecule has 4 rings (SSSR count). The van der Waals surface area contributed by atoms with Crippen molar-refractivity contribution in [1.82, 2.24) is 14.9 Å². The highest BCUT2D eigenvalue weighted by Gasteiger charge is 2.55. The first-order valence-corrected chi connectivity index (χ1v) is 15.3. The number of amides is 6. The molecule has 0 spiro atoms. The van der Waals surface area contributed by atoms with Crippen molar-refractivity contribution in [1.29, 1.82) is 0 Å². The van der Waals surface area contributed by atoms with Gasteiger partial charge in [-0.15, -0.1) is 0 Å². The Morgan fingerprint density at radius 2 is 1.52 bits per heavy atom. The van der Waals surface area contributed by atoms with Gasteiger partial charge >= 0.3 is 18.0 Å². The lowest BCUT2D eigenvalue weighted by Crippen LogP contribution is -2.53. The number of carbonyl (C=O) groups is 5. The van der Waals surface area contributed by atoms with Gasteiger partial charge in [-0.25, -0.2) is 14.6 Å². The number of para-hydroxylation sites is 1. The van der Waals surface area contributed by atoms with E-state index in [9.17, 15) is 29.1 Å². The SMILES string of the molecule is Cc1ccccc1NC(=O)Nc1ccc(CN2C(=O)N(N(C(=O)CCC(C)C)[C@@H](CC(=O)O)c3ccccc3)C(=O)C2(C)C)cc1. The second-order valence-electron chi connectivity index (χ2n) is 12.3. The van der Waals surface area contributed by atoms with E-state index >= 15 is 0 Å². The van der Waals surface area contributed by atoms with E-state index in [4.69, 9.17) is 0 Å². The van der Waals surface area contributed by atoms with Crippen molar-refractivity contribution >= 4 is 41.2 Å². The van der Waals surface area contributed by atoms with Gasteiger partial charge < -0.3 is 20.6 Å². The average Bonchev–Trinajstić information content (AvgIpc) is 3.17. The normalized spacial score (nSPS) is 14.7. The largest absolute Gasteiger partial charge is 0.481 e. The quantitative estimate of drug-likeness (QED) is 0.194. The number of aryl methyl sites for hydroxylation is 1. The first kappa shape index (κ1) is 33.7. The summed E-state index contributed by atoms with van der Waals surface area (Å²) < 4.78 is 0. The van der Waals surface area contributed by atoms with Gasteiger partial charge in [0.15, 0.2) is 0 Å². The molecule has 242 valence electrons. The number of hydrogen-bond donors (Lipinski definition) is 3. The molecule has 0 radical (unpaired) electrons. The summed E-state index contributed by atoms with van der Waals surface area (Å²) in [6.45, 7) is 9.05. The summed E-state index contributed by atoms with van der Waals surface area (Å²) in [6.07, 6.45) is 0.0292. The summed E-state index contributed by atoms with van der Waals surface area (Å²) in [5, 5.41) is 17.3. The summed E-state index contributed by atoms with van der Waals surface area (Å²) in [5.74, 6) is -2.15. The Bertz CT molecular complexity index is 1590. The fourth-order valence-corrected chi connectivity index (χ4v) is 5.28. The van der Waals surface area contributed by atoms with Crippen LogP contribution in [-0.2, 0) is 20.9 Å². The Balaban J connectivity index is 1.58. The number of carboxylic acid groups (broad SMARTS) is 1. The third-order valence-corrected chi connectivity index (χ3v) is 8.00. The number of hydrazine groups is 1. The van der Waals surface area contributed by atoms with Crippen LogP contribution in [0.2, 0.25) is 0 Å². The van der Waals surface area contributed by atoms with Gasteiger partial charge in [0.05, 0.1) is 12.5 Å². The van der Waals surface area contributed by atoms with Gasteiger partial charge in [-0.3, -0.25) is 14.4 Å². The molecular weight excluding hydrogens is 586 g/mol. The Morgan fingerprint density at radius 3 is 2.13 bits per heavy atom. The van der Waals surface area contributed by atoms with E-state index in [1.807, 2.05) is 39.0 Å². The minimum Gasteiger partial charge on any atom is -0.481 e. The van der Waals surface area contributed by atoms with Gasteiger partial charge in [0.2, 0.25) is 5.91 Å². The van der Waals surface area contributed by atoms with Gasteiger partial charge in [-0.2, -0.15) is 5.01 Å². The van der Waals surface area contributed by atoms with Crippen LogP contribution in [0, 0.1) is 12.8 Å². The van der Waals surface area contributed by atoms with Crippen molar-refractivity contribution in [3.63, 3.8) is 0 Å². The zero-order valence-electron chi connectivity index (χ0n) is 26.8. The molecule has 1 heterocycles. The highest BCUT2D eigenvalue weighted by atomic mass is 16.4. The summed E-state index contributed by atoms with van der Waals surface area (Å²) >= 11 is 0. The zero-order chi connectivity index (χ0) is 33.6. The van der Waals surface area contributed by atoms with Gasteiger partial charge in [-0.1, -0.05) is 74.5 Å². The van der Waals surface area contributed by atoms with E-state index in [0.29, 0.717) is 28.9 Å². The molecule has 1 aliphatic rings. The molecule has 0 aromatic heterocycles. The molecule has 11 heteroatoms. The van der Waals surface area contributed by atoms with Crippen LogP contribution in [-0.4, -0.2) is 55.4 Å². The van der Waals surface area contributed by atoms with E-state index in [1.165, 1.54) is 4.90 Å². The number of urea groups is 2. The van der Waals surface area contributed by atoms with Crippen LogP contribution >= 0.6 is 0 Å². The average molecular weight is 628 g/mol. The van der Waals surface area contributed by atoms with E-state index in [-0.39, 0.29) is 18.9 Å². The maximum absolute atomic E-state index is 14.1. The van der Waals surface area contributed by atoms with E-state index in [0.717, 1.165) is 15.6 Å². The molecule has 0 bridgehead atoms. The molecule has 6 amide bonds. The molecule has 3 aromatic rings. The maximum Gasteiger partial charge on any atom is 0.347 e. The molecule has 11 nitrogen and oxygen atoms in total. The lowest BCUT2D eigenvalue weighted by Gasteiger charge is -2.36. The maximum atomic E-state index is 14.1. The minimum atomic E-state index is -1.34. The molecule has 1 fully saturated rings.